The quantitative estimate of drug-likeness (QED) is 0.461. The van der Waals surface area contributed by atoms with Gasteiger partial charge in [0.1, 0.15) is 6.61 Å². The van der Waals surface area contributed by atoms with E-state index in [1.807, 2.05) is 0 Å². The maximum Gasteiger partial charge on any atom is 0.302 e. The van der Waals surface area contributed by atoms with Gasteiger partial charge < -0.3 is 4.74 Å². The molecule has 2 heteroatoms. The highest BCUT2D eigenvalue weighted by molar-refractivity contribution is 5.66. The van der Waals surface area contributed by atoms with Gasteiger partial charge in [0.25, 0.3) is 0 Å². The van der Waals surface area contributed by atoms with Crippen LogP contribution in [-0.2, 0) is 9.53 Å². The largest absolute Gasteiger partial charge is 0.461 e. The van der Waals surface area contributed by atoms with Gasteiger partial charge in [0.2, 0.25) is 0 Å². The highest BCUT2D eigenvalue weighted by atomic mass is 16.5. The summed E-state index contributed by atoms with van der Waals surface area (Å²) in [6.07, 6.45) is 4.06. The van der Waals surface area contributed by atoms with Crippen molar-refractivity contribution in [2.24, 2.45) is 0 Å². The lowest BCUT2D eigenvalue weighted by atomic mass is 10.2. The Morgan fingerprint density at radius 1 is 1.45 bits per heavy atom. The fraction of sp³-hybridized carbons (Fsp3) is 0.667. The van der Waals surface area contributed by atoms with Gasteiger partial charge >= 0.3 is 5.97 Å². The number of hydrogen-bond acceptors (Lipinski definition) is 2. The van der Waals surface area contributed by atoms with Crippen LogP contribution in [0.5, 0.6) is 0 Å². The molecule has 2 nitrogen and oxygen atoms in total. The molecule has 0 radical (unpaired) electrons. The van der Waals surface area contributed by atoms with Crippen molar-refractivity contribution < 1.29 is 9.53 Å². The Morgan fingerprint density at radius 2 is 2.09 bits per heavy atom. The standard InChI is InChI=1S/C9H16O2/c1-4-6-9(5-2)7-11-8(3)10/h6H,4-5,7H2,1-3H3/b9-6+. The van der Waals surface area contributed by atoms with Crippen LogP contribution in [-0.4, -0.2) is 12.6 Å². The molecule has 0 aromatic carbocycles. The van der Waals surface area contributed by atoms with Crippen LogP contribution in [0.4, 0.5) is 0 Å². The highest BCUT2D eigenvalue weighted by Crippen LogP contribution is 2.02. The molecule has 0 bridgehead atoms. The van der Waals surface area contributed by atoms with E-state index in [-0.39, 0.29) is 5.97 Å². The van der Waals surface area contributed by atoms with Gasteiger partial charge in [-0.3, -0.25) is 4.79 Å². The highest BCUT2D eigenvalue weighted by Gasteiger charge is 1.95. The molecule has 0 rings (SSSR count). The van der Waals surface area contributed by atoms with Crippen LogP contribution in [0.15, 0.2) is 11.6 Å². The second-order valence-electron chi connectivity index (χ2n) is 2.40. The fourth-order valence-corrected chi connectivity index (χ4v) is 0.788. The molecule has 64 valence electrons. The summed E-state index contributed by atoms with van der Waals surface area (Å²) >= 11 is 0. The van der Waals surface area contributed by atoms with Crippen LogP contribution in [0.1, 0.15) is 33.6 Å². The minimum atomic E-state index is -0.208. The minimum absolute atomic E-state index is 0.208. The molecule has 0 aliphatic heterocycles. The molecule has 0 saturated heterocycles. The third-order valence-corrected chi connectivity index (χ3v) is 1.41. The number of ether oxygens (including phenoxy) is 1. The number of hydrogen-bond donors (Lipinski definition) is 0. The number of rotatable bonds is 4. The molecule has 0 aromatic rings. The molecule has 0 unspecified atom stereocenters. The number of esters is 1. The van der Waals surface area contributed by atoms with Crippen molar-refractivity contribution in [2.45, 2.75) is 33.6 Å². The third kappa shape index (κ3) is 5.64. The van der Waals surface area contributed by atoms with Crippen molar-refractivity contribution in [3.63, 3.8) is 0 Å². The van der Waals surface area contributed by atoms with Gasteiger partial charge in [0.05, 0.1) is 0 Å². The fourth-order valence-electron chi connectivity index (χ4n) is 0.788. The van der Waals surface area contributed by atoms with E-state index in [2.05, 4.69) is 19.9 Å². The minimum Gasteiger partial charge on any atom is -0.461 e. The summed E-state index contributed by atoms with van der Waals surface area (Å²) in [6.45, 7) is 6.02. The van der Waals surface area contributed by atoms with E-state index in [1.165, 1.54) is 12.5 Å². The van der Waals surface area contributed by atoms with E-state index in [9.17, 15) is 4.79 Å². The first-order chi connectivity index (χ1) is 5.20. The van der Waals surface area contributed by atoms with Gasteiger partial charge in [0, 0.05) is 6.92 Å². The second-order valence-corrected chi connectivity index (χ2v) is 2.40. The van der Waals surface area contributed by atoms with Crippen molar-refractivity contribution in [3.8, 4) is 0 Å². The van der Waals surface area contributed by atoms with Gasteiger partial charge in [-0.25, -0.2) is 0 Å². The van der Waals surface area contributed by atoms with E-state index in [0.29, 0.717) is 6.61 Å². The Balaban J connectivity index is 3.69. The molecule has 0 amide bonds. The lowest BCUT2D eigenvalue weighted by Gasteiger charge is -2.03. The topological polar surface area (TPSA) is 26.3 Å². The number of carbonyl (C=O) groups is 1. The summed E-state index contributed by atoms with van der Waals surface area (Å²) in [5.74, 6) is -0.208. The lowest BCUT2D eigenvalue weighted by Crippen LogP contribution is -2.02. The second kappa shape index (κ2) is 5.96. The Bertz CT molecular complexity index is 148. The Morgan fingerprint density at radius 3 is 2.45 bits per heavy atom. The summed E-state index contributed by atoms with van der Waals surface area (Å²) in [7, 11) is 0. The monoisotopic (exact) mass is 156 g/mol. The maximum atomic E-state index is 10.4. The third-order valence-electron chi connectivity index (χ3n) is 1.41. The Labute approximate surface area is 68.2 Å². The molecule has 0 fully saturated rings. The SMILES string of the molecule is CC/C=C(\CC)COC(C)=O. The van der Waals surface area contributed by atoms with Crippen LogP contribution < -0.4 is 0 Å². The van der Waals surface area contributed by atoms with Crippen LogP contribution in [0.2, 0.25) is 0 Å². The van der Waals surface area contributed by atoms with Crippen molar-refractivity contribution in [1.82, 2.24) is 0 Å². The first kappa shape index (κ1) is 10.2. The molecule has 0 atom stereocenters. The lowest BCUT2D eigenvalue weighted by molar-refractivity contribution is -0.140. The molecule has 0 aliphatic carbocycles. The predicted octanol–water partition coefficient (Wildman–Crippen LogP) is 2.30. The molecule has 0 saturated carbocycles. The van der Waals surface area contributed by atoms with E-state index in [1.54, 1.807) is 0 Å². The van der Waals surface area contributed by atoms with Gasteiger partial charge in [-0.2, -0.15) is 0 Å². The molecule has 11 heavy (non-hydrogen) atoms. The van der Waals surface area contributed by atoms with Crippen molar-refractivity contribution in [3.05, 3.63) is 11.6 Å². The summed E-state index contributed by atoms with van der Waals surface area (Å²) in [5, 5.41) is 0. The van der Waals surface area contributed by atoms with E-state index < -0.39 is 0 Å². The van der Waals surface area contributed by atoms with Crippen LogP contribution in [0.3, 0.4) is 0 Å². The Kier molecular flexibility index (Phi) is 5.53. The zero-order valence-electron chi connectivity index (χ0n) is 7.52. The summed E-state index contributed by atoms with van der Waals surface area (Å²) in [4.78, 5) is 10.4. The number of allylic oxidation sites excluding steroid dienone is 1. The molecular formula is C9H16O2. The van der Waals surface area contributed by atoms with Gasteiger partial charge in [-0.15, -0.1) is 0 Å². The molecule has 0 aromatic heterocycles. The molecule has 0 N–H and O–H groups in total. The van der Waals surface area contributed by atoms with Crippen LogP contribution in [0.25, 0.3) is 0 Å². The first-order valence-electron chi connectivity index (χ1n) is 4.02. The number of carbonyl (C=O) groups excluding carboxylic acids is 1. The first-order valence-corrected chi connectivity index (χ1v) is 4.02. The van der Waals surface area contributed by atoms with Crippen molar-refractivity contribution in [1.29, 1.82) is 0 Å². The Hall–Kier alpha value is -0.790. The summed E-state index contributed by atoms with van der Waals surface area (Å²) in [6, 6.07) is 0. The van der Waals surface area contributed by atoms with E-state index in [0.717, 1.165) is 12.8 Å². The van der Waals surface area contributed by atoms with Crippen molar-refractivity contribution in [2.75, 3.05) is 6.61 Å². The van der Waals surface area contributed by atoms with Gasteiger partial charge in [-0.1, -0.05) is 19.9 Å². The van der Waals surface area contributed by atoms with Gasteiger partial charge in [-0.05, 0) is 18.4 Å². The predicted molar refractivity (Wildman–Crippen MR) is 45.3 cm³/mol. The van der Waals surface area contributed by atoms with Crippen LogP contribution >= 0.6 is 0 Å². The molecule has 0 aliphatic rings. The van der Waals surface area contributed by atoms with Crippen LogP contribution in [0, 0.1) is 0 Å². The average molecular weight is 156 g/mol. The summed E-state index contributed by atoms with van der Waals surface area (Å²) in [5.41, 5.74) is 1.20. The smallest absolute Gasteiger partial charge is 0.302 e. The van der Waals surface area contributed by atoms with E-state index in [4.69, 9.17) is 4.74 Å². The normalized spacial score (nSPS) is 11.4. The van der Waals surface area contributed by atoms with Crippen molar-refractivity contribution >= 4 is 5.97 Å². The zero-order valence-corrected chi connectivity index (χ0v) is 7.52. The molecular weight excluding hydrogens is 140 g/mol. The van der Waals surface area contributed by atoms with E-state index >= 15 is 0 Å². The summed E-state index contributed by atoms with van der Waals surface area (Å²) < 4.78 is 4.84. The van der Waals surface area contributed by atoms with Gasteiger partial charge in [0.15, 0.2) is 0 Å². The maximum absolute atomic E-state index is 10.4. The average Bonchev–Trinajstić information content (AvgIpc) is 1.97. The molecule has 0 spiro atoms. The zero-order chi connectivity index (χ0) is 8.69. The molecule has 0 heterocycles.